The number of ether oxygens (including phenoxy) is 1. The van der Waals surface area contributed by atoms with Crippen LogP contribution >= 0.6 is 0 Å². The van der Waals surface area contributed by atoms with Crippen molar-refractivity contribution >= 4 is 5.91 Å². The maximum Gasteiger partial charge on any atom is 0.221 e. The Kier molecular flexibility index (Phi) is 3.50. The van der Waals surface area contributed by atoms with Crippen molar-refractivity contribution in [3.05, 3.63) is 0 Å². The molecule has 1 aliphatic carbocycles. The molecule has 1 amide bonds. The molecule has 2 rings (SSSR count). The lowest BCUT2D eigenvalue weighted by Gasteiger charge is -2.28. The average molecular weight is 226 g/mol. The first kappa shape index (κ1) is 11.9. The van der Waals surface area contributed by atoms with Crippen molar-refractivity contribution in [2.45, 2.75) is 57.2 Å². The number of hydrogen-bond donors (Lipinski definition) is 2. The number of carbonyl (C=O) groups is 1. The minimum absolute atomic E-state index is 0.118. The third-order valence-corrected chi connectivity index (χ3v) is 3.67. The number of amides is 1. The minimum Gasteiger partial charge on any atom is -0.376 e. The molecule has 1 saturated carbocycles. The fourth-order valence-corrected chi connectivity index (χ4v) is 2.06. The van der Waals surface area contributed by atoms with Crippen molar-refractivity contribution in [3.8, 4) is 0 Å². The Morgan fingerprint density at radius 1 is 1.50 bits per heavy atom. The second-order valence-electron chi connectivity index (χ2n) is 5.21. The smallest absolute Gasteiger partial charge is 0.221 e. The summed E-state index contributed by atoms with van der Waals surface area (Å²) in [5.74, 6) is 0.132. The monoisotopic (exact) mass is 226 g/mol. The molecular weight excluding hydrogens is 204 g/mol. The van der Waals surface area contributed by atoms with Gasteiger partial charge in [-0.3, -0.25) is 4.79 Å². The van der Waals surface area contributed by atoms with E-state index in [1.807, 2.05) is 6.92 Å². The first-order valence-electron chi connectivity index (χ1n) is 6.26. The van der Waals surface area contributed by atoms with E-state index >= 15 is 0 Å². The molecule has 0 radical (unpaired) electrons. The second kappa shape index (κ2) is 4.72. The van der Waals surface area contributed by atoms with Gasteiger partial charge >= 0.3 is 0 Å². The molecule has 92 valence electrons. The highest BCUT2D eigenvalue weighted by Gasteiger charge is 2.38. The summed E-state index contributed by atoms with van der Waals surface area (Å²) in [6, 6.07) is 0.678. The van der Waals surface area contributed by atoms with E-state index in [0.29, 0.717) is 12.5 Å². The topological polar surface area (TPSA) is 50.4 Å². The van der Waals surface area contributed by atoms with E-state index in [1.54, 1.807) is 0 Å². The Bertz CT molecular complexity index is 266. The Balaban J connectivity index is 1.68. The Labute approximate surface area is 97.1 Å². The van der Waals surface area contributed by atoms with Crippen LogP contribution < -0.4 is 10.6 Å². The summed E-state index contributed by atoms with van der Waals surface area (Å²) in [5, 5.41) is 6.44. The SMILES string of the molecule is CC1OCCC1(C)NC(=O)CCNC1CC1. The van der Waals surface area contributed by atoms with Crippen LogP contribution in [-0.2, 0) is 9.53 Å². The summed E-state index contributed by atoms with van der Waals surface area (Å²) in [4.78, 5) is 11.7. The van der Waals surface area contributed by atoms with Gasteiger partial charge in [-0.25, -0.2) is 0 Å². The zero-order chi connectivity index (χ0) is 11.6. The van der Waals surface area contributed by atoms with Crippen molar-refractivity contribution < 1.29 is 9.53 Å². The van der Waals surface area contributed by atoms with E-state index in [9.17, 15) is 4.79 Å². The number of rotatable bonds is 5. The zero-order valence-electron chi connectivity index (χ0n) is 10.2. The number of carbonyl (C=O) groups excluding carboxylic acids is 1. The van der Waals surface area contributed by atoms with Gasteiger partial charge in [0.1, 0.15) is 0 Å². The van der Waals surface area contributed by atoms with E-state index in [4.69, 9.17) is 4.74 Å². The van der Waals surface area contributed by atoms with Crippen LogP contribution in [0.15, 0.2) is 0 Å². The molecule has 1 aliphatic heterocycles. The van der Waals surface area contributed by atoms with Crippen LogP contribution in [0.1, 0.15) is 39.5 Å². The molecule has 2 atom stereocenters. The molecule has 16 heavy (non-hydrogen) atoms. The predicted molar refractivity (Wildman–Crippen MR) is 62.2 cm³/mol. The quantitative estimate of drug-likeness (QED) is 0.729. The molecule has 0 aromatic rings. The summed E-state index contributed by atoms with van der Waals surface area (Å²) in [6.45, 7) is 5.63. The average Bonchev–Trinajstić information content (AvgIpc) is 2.96. The van der Waals surface area contributed by atoms with Crippen LogP contribution in [0.2, 0.25) is 0 Å². The molecule has 0 spiro atoms. The lowest BCUT2D eigenvalue weighted by Crippen LogP contribution is -2.51. The van der Waals surface area contributed by atoms with Crippen LogP contribution in [0, 0.1) is 0 Å². The maximum absolute atomic E-state index is 11.7. The zero-order valence-corrected chi connectivity index (χ0v) is 10.2. The van der Waals surface area contributed by atoms with Crippen molar-refractivity contribution in [3.63, 3.8) is 0 Å². The van der Waals surface area contributed by atoms with Gasteiger partial charge in [-0.1, -0.05) is 0 Å². The van der Waals surface area contributed by atoms with Crippen molar-refractivity contribution in [1.29, 1.82) is 0 Å². The van der Waals surface area contributed by atoms with Crippen LogP contribution in [0.4, 0.5) is 0 Å². The van der Waals surface area contributed by atoms with E-state index in [0.717, 1.165) is 19.6 Å². The molecule has 1 heterocycles. The largest absolute Gasteiger partial charge is 0.376 e. The summed E-state index contributed by atoms with van der Waals surface area (Å²) >= 11 is 0. The molecule has 2 unspecified atom stereocenters. The molecule has 2 fully saturated rings. The van der Waals surface area contributed by atoms with Crippen LogP contribution in [-0.4, -0.2) is 36.7 Å². The van der Waals surface area contributed by atoms with Crippen LogP contribution in [0.5, 0.6) is 0 Å². The van der Waals surface area contributed by atoms with Crippen molar-refractivity contribution in [2.24, 2.45) is 0 Å². The van der Waals surface area contributed by atoms with Crippen LogP contribution in [0.25, 0.3) is 0 Å². The summed E-state index contributed by atoms with van der Waals surface area (Å²) in [7, 11) is 0. The maximum atomic E-state index is 11.7. The van der Waals surface area contributed by atoms with E-state index in [-0.39, 0.29) is 17.6 Å². The lowest BCUT2D eigenvalue weighted by molar-refractivity contribution is -0.123. The minimum atomic E-state index is -0.170. The molecular formula is C12H22N2O2. The molecule has 2 N–H and O–H groups in total. The Morgan fingerprint density at radius 2 is 2.25 bits per heavy atom. The normalized spacial score (nSPS) is 34.0. The molecule has 0 aromatic heterocycles. The standard InChI is InChI=1S/C12H22N2O2/c1-9-12(2,6-8-16-9)14-11(15)5-7-13-10-3-4-10/h9-10,13H,3-8H2,1-2H3,(H,14,15). The van der Waals surface area contributed by atoms with Crippen LogP contribution in [0.3, 0.4) is 0 Å². The van der Waals surface area contributed by atoms with E-state index < -0.39 is 0 Å². The molecule has 2 aliphatic rings. The number of hydrogen-bond acceptors (Lipinski definition) is 3. The van der Waals surface area contributed by atoms with Gasteiger partial charge in [-0.05, 0) is 33.1 Å². The van der Waals surface area contributed by atoms with Gasteiger partial charge in [0, 0.05) is 25.6 Å². The van der Waals surface area contributed by atoms with Gasteiger partial charge in [-0.2, -0.15) is 0 Å². The van der Waals surface area contributed by atoms with Gasteiger partial charge in [-0.15, -0.1) is 0 Å². The third-order valence-electron chi connectivity index (χ3n) is 3.67. The first-order valence-corrected chi connectivity index (χ1v) is 6.26. The highest BCUT2D eigenvalue weighted by molar-refractivity contribution is 5.77. The highest BCUT2D eigenvalue weighted by atomic mass is 16.5. The highest BCUT2D eigenvalue weighted by Crippen LogP contribution is 2.25. The van der Waals surface area contributed by atoms with Gasteiger partial charge in [0.05, 0.1) is 11.6 Å². The second-order valence-corrected chi connectivity index (χ2v) is 5.21. The van der Waals surface area contributed by atoms with E-state index in [2.05, 4.69) is 17.6 Å². The van der Waals surface area contributed by atoms with E-state index in [1.165, 1.54) is 12.8 Å². The van der Waals surface area contributed by atoms with Gasteiger partial charge < -0.3 is 15.4 Å². The first-order chi connectivity index (χ1) is 7.60. The fraction of sp³-hybridized carbons (Fsp3) is 0.917. The molecule has 1 saturated heterocycles. The molecule has 0 bridgehead atoms. The Hall–Kier alpha value is -0.610. The van der Waals surface area contributed by atoms with Gasteiger partial charge in [0.25, 0.3) is 0 Å². The summed E-state index contributed by atoms with van der Waals surface area (Å²) in [5.41, 5.74) is -0.170. The molecule has 0 aromatic carbocycles. The molecule has 4 heteroatoms. The predicted octanol–water partition coefficient (Wildman–Crippen LogP) is 0.812. The Morgan fingerprint density at radius 3 is 2.81 bits per heavy atom. The third kappa shape index (κ3) is 2.95. The number of nitrogens with one attached hydrogen (secondary N) is 2. The van der Waals surface area contributed by atoms with Crippen molar-refractivity contribution in [2.75, 3.05) is 13.2 Å². The van der Waals surface area contributed by atoms with Gasteiger partial charge in [0.2, 0.25) is 5.91 Å². The van der Waals surface area contributed by atoms with Crippen molar-refractivity contribution in [1.82, 2.24) is 10.6 Å². The van der Waals surface area contributed by atoms with Gasteiger partial charge in [0.15, 0.2) is 0 Å². The summed E-state index contributed by atoms with van der Waals surface area (Å²) < 4.78 is 5.49. The molecule has 4 nitrogen and oxygen atoms in total. The summed E-state index contributed by atoms with van der Waals surface area (Å²) in [6.07, 6.45) is 4.14. The fourth-order valence-electron chi connectivity index (χ4n) is 2.06. The lowest BCUT2D eigenvalue weighted by atomic mass is 9.94.